The standard InChI is InChI=1S/C18H14ClN3O/c19-13-3-5-14(6-4-13)22-17-8-7-15(23-17)10-12-11-21-18-16(12)2-1-9-20-18/h1-6,8-11,22H,7H2,(H,20,21). The summed E-state index contributed by atoms with van der Waals surface area (Å²) in [5.74, 6) is 1.63. The van der Waals surface area contributed by atoms with Gasteiger partial charge in [0.15, 0.2) is 5.88 Å². The molecule has 0 unspecified atom stereocenters. The number of anilines is 1. The Bertz CT molecular complexity index is 909. The molecule has 0 fully saturated rings. The van der Waals surface area contributed by atoms with Crippen molar-refractivity contribution in [1.29, 1.82) is 0 Å². The Hall–Kier alpha value is -2.72. The van der Waals surface area contributed by atoms with E-state index in [0.717, 1.165) is 40.3 Å². The summed E-state index contributed by atoms with van der Waals surface area (Å²) in [6.45, 7) is 0. The molecule has 2 aromatic heterocycles. The number of benzene rings is 1. The molecule has 1 aliphatic heterocycles. The third-order valence-electron chi connectivity index (χ3n) is 3.64. The van der Waals surface area contributed by atoms with E-state index in [2.05, 4.69) is 15.3 Å². The van der Waals surface area contributed by atoms with Gasteiger partial charge in [-0.15, -0.1) is 0 Å². The van der Waals surface area contributed by atoms with E-state index in [9.17, 15) is 0 Å². The minimum atomic E-state index is 0.713. The average Bonchev–Trinajstić information content (AvgIpc) is 3.18. The van der Waals surface area contributed by atoms with Crippen molar-refractivity contribution in [1.82, 2.24) is 9.97 Å². The highest BCUT2D eigenvalue weighted by Gasteiger charge is 2.13. The van der Waals surface area contributed by atoms with Crippen LogP contribution in [-0.4, -0.2) is 9.97 Å². The number of nitrogens with zero attached hydrogens (tertiary/aromatic N) is 1. The van der Waals surface area contributed by atoms with Crippen molar-refractivity contribution in [2.75, 3.05) is 5.32 Å². The topological polar surface area (TPSA) is 49.9 Å². The summed E-state index contributed by atoms with van der Waals surface area (Å²) >= 11 is 5.89. The molecule has 0 saturated carbocycles. The number of allylic oxidation sites excluding steroid dienone is 1. The van der Waals surface area contributed by atoms with E-state index in [1.165, 1.54) is 0 Å². The number of aromatic nitrogens is 2. The lowest BCUT2D eigenvalue weighted by molar-refractivity contribution is 0.333. The summed E-state index contributed by atoms with van der Waals surface area (Å²) in [6, 6.07) is 11.5. The van der Waals surface area contributed by atoms with E-state index >= 15 is 0 Å². The molecule has 4 nitrogen and oxygen atoms in total. The number of halogens is 1. The van der Waals surface area contributed by atoms with E-state index in [1.807, 2.05) is 54.7 Å². The third kappa shape index (κ3) is 2.94. The molecule has 4 rings (SSSR count). The van der Waals surface area contributed by atoms with Crippen LogP contribution in [0.2, 0.25) is 5.02 Å². The predicted molar refractivity (Wildman–Crippen MR) is 92.9 cm³/mol. The van der Waals surface area contributed by atoms with Gasteiger partial charge >= 0.3 is 0 Å². The highest BCUT2D eigenvalue weighted by Crippen LogP contribution is 2.27. The normalized spacial score (nSPS) is 15.7. The Morgan fingerprint density at radius 1 is 1.22 bits per heavy atom. The quantitative estimate of drug-likeness (QED) is 0.718. The van der Waals surface area contributed by atoms with Crippen molar-refractivity contribution in [3.63, 3.8) is 0 Å². The highest BCUT2D eigenvalue weighted by molar-refractivity contribution is 6.30. The fourth-order valence-corrected chi connectivity index (χ4v) is 2.65. The molecular formula is C18H14ClN3O. The minimum Gasteiger partial charge on any atom is -0.445 e. The average molecular weight is 324 g/mol. The molecular weight excluding hydrogens is 310 g/mol. The van der Waals surface area contributed by atoms with Gasteiger partial charge in [0.05, 0.1) is 0 Å². The van der Waals surface area contributed by atoms with Crippen molar-refractivity contribution in [2.45, 2.75) is 6.42 Å². The van der Waals surface area contributed by atoms with Crippen LogP contribution in [0.5, 0.6) is 0 Å². The Balaban J connectivity index is 1.49. The lowest BCUT2D eigenvalue weighted by Gasteiger charge is -2.08. The molecule has 1 aromatic carbocycles. The maximum Gasteiger partial charge on any atom is 0.193 e. The van der Waals surface area contributed by atoms with Crippen LogP contribution >= 0.6 is 11.6 Å². The molecule has 5 heteroatoms. The zero-order valence-corrected chi connectivity index (χ0v) is 13.0. The summed E-state index contributed by atoms with van der Waals surface area (Å²) in [5, 5.41) is 5.03. The Labute approximate surface area is 138 Å². The number of ether oxygens (including phenoxy) is 1. The van der Waals surface area contributed by atoms with Crippen LogP contribution in [0.3, 0.4) is 0 Å². The SMILES string of the molecule is Clc1ccc(NC2=CCC(=Cc3c[nH]c4ncccc34)O2)cc1. The van der Waals surface area contributed by atoms with Gasteiger partial charge in [0.2, 0.25) is 0 Å². The molecule has 0 atom stereocenters. The van der Waals surface area contributed by atoms with Gasteiger partial charge in [-0.3, -0.25) is 0 Å². The van der Waals surface area contributed by atoms with Crippen LogP contribution in [-0.2, 0) is 4.74 Å². The van der Waals surface area contributed by atoms with E-state index < -0.39 is 0 Å². The summed E-state index contributed by atoms with van der Waals surface area (Å²) in [6.07, 6.45) is 8.53. The van der Waals surface area contributed by atoms with Crippen LogP contribution in [0, 0.1) is 0 Å². The lowest BCUT2D eigenvalue weighted by Crippen LogP contribution is -1.98. The van der Waals surface area contributed by atoms with E-state index in [1.54, 1.807) is 6.20 Å². The molecule has 3 aromatic rings. The summed E-state index contributed by atoms with van der Waals surface area (Å²) in [5.41, 5.74) is 2.90. The van der Waals surface area contributed by atoms with Crippen LogP contribution in [0.25, 0.3) is 17.1 Å². The first kappa shape index (κ1) is 13.9. The van der Waals surface area contributed by atoms with Gasteiger partial charge in [-0.05, 0) is 48.6 Å². The summed E-state index contributed by atoms with van der Waals surface area (Å²) in [4.78, 5) is 7.45. The number of fused-ring (bicyclic) bond motifs is 1. The molecule has 2 N–H and O–H groups in total. The zero-order valence-electron chi connectivity index (χ0n) is 12.2. The third-order valence-corrected chi connectivity index (χ3v) is 3.89. The fraction of sp³-hybridized carbons (Fsp3) is 0.0556. The molecule has 0 saturated heterocycles. The van der Waals surface area contributed by atoms with Crippen molar-refractivity contribution >= 4 is 34.4 Å². The van der Waals surface area contributed by atoms with Gasteiger partial charge in [0.25, 0.3) is 0 Å². The second-order valence-corrected chi connectivity index (χ2v) is 5.70. The van der Waals surface area contributed by atoms with Gasteiger partial charge in [-0.1, -0.05) is 11.6 Å². The van der Waals surface area contributed by atoms with Crippen molar-refractivity contribution < 1.29 is 4.74 Å². The van der Waals surface area contributed by atoms with Gasteiger partial charge in [0.1, 0.15) is 11.4 Å². The van der Waals surface area contributed by atoms with Crippen LogP contribution in [0.1, 0.15) is 12.0 Å². The maximum absolute atomic E-state index is 5.89. The maximum atomic E-state index is 5.89. The van der Waals surface area contributed by atoms with Crippen molar-refractivity contribution in [2.24, 2.45) is 0 Å². The van der Waals surface area contributed by atoms with Crippen molar-refractivity contribution in [3.05, 3.63) is 77.1 Å². The molecule has 0 spiro atoms. The van der Waals surface area contributed by atoms with Gasteiger partial charge in [-0.25, -0.2) is 4.98 Å². The summed E-state index contributed by atoms with van der Waals surface area (Å²) < 4.78 is 5.86. The van der Waals surface area contributed by atoms with E-state index in [-0.39, 0.29) is 0 Å². The van der Waals surface area contributed by atoms with Crippen LogP contribution < -0.4 is 5.32 Å². The number of pyridine rings is 1. The molecule has 114 valence electrons. The summed E-state index contributed by atoms with van der Waals surface area (Å²) in [7, 11) is 0. The zero-order chi connectivity index (χ0) is 15.6. The number of hydrogen-bond acceptors (Lipinski definition) is 3. The van der Waals surface area contributed by atoms with Gasteiger partial charge in [0, 0.05) is 40.5 Å². The second kappa shape index (κ2) is 5.82. The van der Waals surface area contributed by atoms with E-state index in [4.69, 9.17) is 16.3 Å². The number of aromatic amines is 1. The molecule has 0 amide bonds. The monoisotopic (exact) mass is 323 g/mol. The van der Waals surface area contributed by atoms with Gasteiger partial charge < -0.3 is 15.0 Å². The Kier molecular flexibility index (Phi) is 3.52. The first-order valence-corrected chi connectivity index (χ1v) is 7.69. The largest absolute Gasteiger partial charge is 0.445 e. The number of nitrogens with one attached hydrogen (secondary N) is 2. The highest BCUT2D eigenvalue weighted by atomic mass is 35.5. The molecule has 23 heavy (non-hydrogen) atoms. The molecule has 3 heterocycles. The van der Waals surface area contributed by atoms with Crippen LogP contribution in [0.15, 0.2) is 66.5 Å². The molecule has 1 aliphatic rings. The number of H-pyrrole nitrogens is 1. The fourth-order valence-electron chi connectivity index (χ4n) is 2.53. The van der Waals surface area contributed by atoms with Crippen molar-refractivity contribution in [3.8, 4) is 0 Å². The lowest BCUT2D eigenvalue weighted by atomic mass is 10.2. The molecule has 0 radical (unpaired) electrons. The number of hydrogen-bond donors (Lipinski definition) is 2. The first-order valence-electron chi connectivity index (χ1n) is 7.31. The van der Waals surface area contributed by atoms with Crippen LogP contribution in [0.4, 0.5) is 5.69 Å². The number of rotatable bonds is 3. The second-order valence-electron chi connectivity index (χ2n) is 5.26. The Morgan fingerprint density at radius 3 is 2.96 bits per heavy atom. The first-order chi connectivity index (χ1) is 11.3. The van der Waals surface area contributed by atoms with E-state index in [0.29, 0.717) is 5.02 Å². The molecule has 0 aliphatic carbocycles. The van der Waals surface area contributed by atoms with Gasteiger partial charge in [-0.2, -0.15) is 0 Å². The minimum absolute atomic E-state index is 0.713. The smallest absolute Gasteiger partial charge is 0.193 e. The molecule has 0 bridgehead atoms. The predicted octanol–water partition coefficient (Wildman–Crippen LogP) is 4.93. The Morgan fingerprint density at radius 2 is 2.09 bits per heavy atom.